The number of imide groups is 1. The van der Waals surface area contributed by atoms with Gasteiger partial charge < -0.3 is 5.73 Å². The van der Waals surface area contributed by atoms with Gasteiger partial charge in [0.25, 0.3) is 0 Å². The van der Waals surface area contributed by atoms with Gasteiger partial charge in [0, 0.05) is 12.2 Å². The highest BCUT2D eigenvalue weighted by molar-refractivity contribution is 6.13. The molecule has 1 atom stereocenters. The van der Waals surface area contributed by atoms with Gasteiger partial charge in [0.15, 0.2) is 0 Å². The number of urea groups is 1. The molecular weight excluding hydrogens is 222 g/mol. The number of primary amides is 1. The molecule has 1 unspecified atom stereocenters. The Balaban J connectivity index is 2.27. The molecule has 6 heteroatoms. The summed E-state index contributed by atoms with van der Waals surface area (Å²) in [5.41, 5.74) is 5.72. The van der Waals surface area contributed by atoms with Gasteiger partial charge in [-0.3, -0.25) is 19.8 Å². The van der Waals surface area contributed by atoms with E-state index < -0.39 is 23.8 Å². The molecule has 1 saturated heterocycles. The lowest BCUT2D eigenvalue weighted by Gasteiger charge is -2.30. The van der Waals surface area contributed by atoms with Crippen molar-refractivity contribution in [3.05, 3.63) is 30.3 Å². The van der Waals surface area contributed by atoms with Crippen molar-refractivity contribution in [2.75, 3.05) is 11.4 Å². The van der Waals surface area contributed by atoms with Crippen LogP contribution in [0.2, 0.25) is 0 Å². The minimum absolute atomic E-state index is 0.0238. The van der Waals surface area contributed by atoms with Crippen molar-refractivity contribution in [1.29, 1.82) is 0 Å². The molecule has 0 bridgehead atoms. The lowest BCUT2D eigenvalue weighted by molar-refractivity contribution is -0.132. The summed E-state index contributed by atoms with van der Waals surface area (Å²) >= 11 is 0. The molecule has 3 N–H and O–H groups in total. The zero-order valence-electron chi connectivity index (χ0n) is 8.92. The zero-order valence-corrected chi connectivity index (χ0v) is 8.92. The van der Waals surface area contributed by atoms with E-state index in [2.05, 4.69) is 5.32 Å². The van der Waals surface area contributed by atoms with Crippen LogP contribution in [0.1, 0.15) is 0 Å². The van der Waals surface area contributed by atoms with Crippen LogP contribution in [0.15, 0.2) is 30.3 Å². The molecule has 0 radical (unpaired) electrons. The number of anilines is 1. The molecule has 2 rings (SSSR count). The normalized spacial score (nSPS) is 20.0. The average Bonchev–Trinajstić information content (AvgIpc) is 2.29. The Morgan fingerprint density at radius 1 is 1.29 bits per heavy atom. The van der Waals surface area contributed by atoms with Crippen molar-refractivity contribution >= 4 is 23.5 Å². The summed E-state index contributed by atoms with van der Waals surface area (Å²) in [5.74, 6) is -2.39. The number of nitrogens with one attached hydrogen (secondary N) is 1. The molecule has 0 saturated carbocycles. The maximum absolute atomic E-state index is 11.6. The van der Waals surface area contributed by atoms with E-state index in [0.717, 1.165) is 0 Å². The molecule has 6 nitrogen and oxygen atoms in total. The van der Waals surface area contributed by atoms with Crippen molar-refractivity contribution in [3.63, 3.8) is 0 Å². The van der Waals surface area contributed by atoms with E-state index in [1.54, 1.807) is 24.3 Å². The molecule has 4 amide bonds. The molecule has 88 valence electrons. The third-order valence-electron chi connectivity index (χ3n) is 2.57. The number of para-hydroxylation sites is 1. The molecule has 0 spiro atoms. The van der Waals surface area contributed by atoms with Crippen LogP contribution < -0.4 is 16.0 Å². The Morgan fingerprint density at radius 3 is 2.53 bits per heavy atom. The van der Waals surface area contributed by atoms with Crippen molar-refractivity contribution in [2.45, 2.75) is 0 Å². The summed E-state index contributed by atoms with van der Waals surface area (Å²) in [6.45, 7) is -0.0238. The van der Waals surface area contributed by atoms with Crippen LogP contribution in [0.5, 0.6) is 0 Å². The van der Waals surface area contributed by atoms with Gasteiger partial charge in [0.05, 0.1) is 0 Å². The number of hydrogen-bond donors (Lipinski definition) is 2. The van der Waals surface area contributed by atoms with Crippen molar-refractivity contribution in [3.8, 4) is 0 Å². The van der Waals surface area contributed by atoms with E-state index in [1.165, 1.54) is 4.90 Å². The Bertz CT molecular complexity index is 472. The molecule has 1 aliphatic heterocycles. The van der Waals surface area contributed by atoms with Crippen LogP contribution in [0, 0.1) is 5.92 Å². The van der Waals surface area contributed by atoms with Crippen LogP contribution in [0.25, 0.3) is 0 Å². The second kappa shape index (κ2) is 4.25. The number of hydrogen-bond acceptors (Lipinski definition) is 3. The second-order valence-electron chi connectivity index (χ2n) is 3.70. The number of nitrogens with zero attached hydrogens (tertiary/aromatic N) is 1. The van der Waals surface area contributed by atoms with Gasteiger partial charge in [0.2, 0.25) is 11.8 Å². The van der Waals surface area contributed by atoms with E-state index in [-0.39, 0.29) is 6.54 Å². The topological polar surface area (TPSA) is 92.5 Å². The highest BCUT2D eigenvalue weighted by Gasteiger charge is 2.36. The van der Waals surface area contributed by atoms with Crippen molar-refractivity contribution < 1.29 is 14.4 Å². The lowest BCUT2D eigenvalue weighted by Crippen LogP contribution is -2.57. The number of carbonyl (C=O) groups is 3. The van der Waals surface area contributed by atoms with E-state index in [4.69, 9.17) is 5.73 Å². The van der Waals surface area contributed by atoms with Gasteiger partial charge in [-0.15, -0.1) is 0 Å². The summed E-state index contributed by atoms with van der Waals surface area (Å²) in [6.07, 6.45) is 0. The summed E-state index contributed by atoms with van der Waals surface area (Å²) in [6, 6.07) is 8.22. The fourth-order valence-electron chi connectivity index (χ4n) is 1.66. The van der Waals surface area contributed by atoms with E-state index in [1.807, 2.05) is 6.07 Å². The largest absolute Gasteiger partial charge is 0.369 e. The van der Waals surface area contributed by atoms with Gasteiger partial charge in [-0.05, 0) is 12.1 Å². The smallest absolute Gasteiger partial charge is 0.328 e. The Kier molecular flexibility index (Phi) is 2.78. The first-order valence-corrected chi connectivity index (χ1v) is 5.06. The highest BCUT2D eigenvalue weighted by atomic mass is 16.2. The molecule has 1 aromatic rings. The molecule has 1 fully saturated rings. The highest BCUT2D eigenvalue weighted by Crippen LogP contribution is 2.18. The minimum atomic E-state index is -1.01. The Morgan fingerprint density at radius 2 is 1.94 bits per heavy atom. The van der Waals surface area contributed by atoms with Gasteiger partial charge >= 0.3 is 6.03 Å². The van der Waals surface area contributed by atoms with Gasteiger partial charge in [-0.1, -0.05) is 18.2 Å². The van der Waals surface area contributed by atoms with Crippen LogP contribution >= 0.6 is 0 Å². The fraction of sp³-hybridized carbons (Fsp3) is 0.182. The van der Waals surface area contributed by atoms with Crippen LogP contribution in [-0.2, 0) is 9.59 Å². The predicted molar refractivity (Wildman–Crippen MR) is 60.0 cm³/mol. The van der Waals surface area contributed by atoms with Crippen LogP contribution in [-0.4, -0.2) is 24.4 Å². The monoisotopic (exact) mass is 233 g/mol. The molecule has 1 aliphatic rings. The molecule has 1 aromatic carbocycles. The number of carbonyl (C=O) groups excluding carboxylic acids is 3. The zero-order chi connectivity index (χ0) is 12.4. The first-order valence-electron chi connectivity index (χ1n) is 5.06. The van der Waals surface area contributed by atoms with Gasteiger partial charge in [-0.25, -0.2) is 4.79 Å². The fourth-order valence-corrected chi connectivity index (χ4v) is 1.66. The van der Waals surface area contributed by atoms with Gasteiger partial charge in [-0.2, -0.15) is 0 Å². The summed E-state index contributed by atoms with van der Waals surface area (Å²) in [5, 5.41) is 2.11. The van der Waals surface area contributed by atoms with E-state index >= 15 is 0 Å². The first-order chi connectivity index (χ1) is 8.09. The number of amides is 4. The lowest BCUT2D eigenvalue weighted by atomic mass is 10.1. The summed E-state index contributed by atoms with van der Waals surface area (Å²) in [7, 11) is 0. The number of rotatable bonds is 2. The maximum atomic E-state index is 11.6. The Labute approximate surface area is 97.4 Å². The van der Waals surface area contributed by atoms with Crippen molar-refractivity contribution in [2.24, 2.45) is 11.7 Å². The quantitative estimate of drug-likeness (QED) is 0.695. The molecule has 0 aromatic heterocycles. The van der Waals surface area contributed by atoms with Crippen LogP contribution in [0.3, 0.4) is 0 Å². The average molecular weight is 233 g/mol. The SMILES string of the molecule is NC(=O)C1CN(c2ccccc2)C(=O)NC1=O. The minimum Gasteiger partial charge on any atom is -0.369 e. The maximum Gasteiger partial charge on any atom is 0.328 e. The summed E-state index contributed by atoms with van der Waals surface area (Å²) < 4.78 is 0. The molecule has 0 aliphatic carbocycles. The molecule has 1 heterocycles. The number of nitrogens with two attached hydrogens (primary N) is 1. The predicted octanol–water partition coefficient (Wildman–Crippen LogP) is -0.156. The van der Waals surface area contributed by atoms with Crippen LogP contribution in [0.4, 0.5) is 10.5 Å². The first kappa shape index (κ1) is 11.1. The van der Waals surface area contributed by atoms with E-state index in [0.29, 0.717) is 5.69 Å². The third-order valence-corrected chi connectivity index (χ3v) is 2.57. The number of benzene rings is 1. The third kappa shape index (κ3) is 2.10. The molecular formula is C11H11N3O3. The Hall–Kier alpha value is -2.37. The van der Waals surface area contributed by atoms with E-state index in [9.17, 15) is 14.4 Å². The van der Waals surface area contributed by atoms with Gasteiger partial charge in [0.1, 0.15) is 5.92 Å². The standard InChI is InChI=1S/C11H11N3O3/c12-9(15)8-6-14(11(17)13-10(8)16)7-4-2-1-3-5-7/h1-5,8H,6H2,(H2,12,15)(H,13,16,17). The second-order valence-corrected chi connectivity index (χ2v) is 3.70. The summed E-state index contributed by atoms with van der Waals surface area (Å²) in [4.78, 5) is 35.4. The molecule has 17 heavy (non-hydrogen) atoms. The van der Waals surface area contributed by atoms with Crippen molar-refractivity contribution in [1.82, 2.24) is 5.32 Å².